The van der Waals surface area contributed by atoms with E-state index in [0.717, 1.165) is 0 Å². The van der Waals surface area contributed by atoms with Gasteiger partial charge in [-0.05, 0) is 16.2 Å². The summed E-state index contributed by atoms with van der Waals surface area (Å²) >= 11 is 0. The van der Waals surface area contributed by atoms with Crippen LogP contribution in [0.15, 0.2) is 30.3 Å². The highest BCUT2D eigenvalue weighted by molar-refractivity contribution is 6.48. The second-order valence-electron chi connectivity index (χ2n) is 3.83. The number of benzene rings is 1. The first-order chi connectivity index (χ1) is 7.11. The largest absolute Gasteiger partial charge is 0.376 e. The second kappa shape index (κ2) is 3.99. The monoisotopic (exact) mass is 207 g/mol. The molecule has 0 unspecified atom stereocenters. The lowest BCUT2D eigenvalue weighted by molar-refractivity contribution is -0.108. The maximum atomic E-state index is 9.27. The Morgan fingerprint density at radius 2 is 1.38 bits per heavy atom. The Balaban J connectivity index is 3.22. The average molecular weight is 206 g/mol. The Bertz CT molecular complexity index is 362. The molecular weight excluding hydrogens is 197 g/mol. The van der Waals surface area contributed by atoms with Crippen LogP contribution in [0, 0.1) is 0 Å². The number of rotatable bonds is 3. The number of hydrogen-bond acceptors (Lipinski definition) is 3. The van der Waals surface area contributed by atoms with E-state index in [1.165, 1.54) is 0 Å². The molecular formula is C9H9B4NO2. The lowest BCUT2D eigenvalue weighted by Gasteiger charge is -2.50. The van der Waals surface area contributed by atoms with Crippen LogP contribution in [0.1, 0.15) is 5.56 Å². The first-order valence-corrected chi connectivity index (χ1v) is 4.55. The number of hydrogen-bond donors (Lipinski definition) is 3. The van der Waals surface area contributed by atoms with Crippen LogP contribution in [-0.2, 0) is 5.44 Å². The topological polar surface area (TPSA) is 66.5 Å². The van der Waals surface area contributed by atoms with Crippen molar-refractivity contribution in [1.82, 2.24) is 0 Å². The molecule has 0 amide bonds. The van der Waals surface area contributed by atoms with Crippen LogP contribution < -0.4 is 5.73 Å². The summed E-state index contributed by atoms with van der Waals surface area (Å²) in [5, 5.41) is 16.2. The normalized spacial score (nSPS) is 16.7. The molecule has 1 aromatic carbocycles. The Hall–Kier alpha value is -0.640. The molecule has 7 heteroatoms. The summed E-state index contributed by atoms with van der Waals surface area (Å²) in [6.45, 7) is 0. The third-order valence-corrected chi connectivity index (χ3v) is 2.54. The molecule has 3 nitrogen and oxygen atoms in total. The van der Waals surface area contributed by atoms with Crippen LogP contribution in [0.4, 0.5) is 0 Å². The SMILES string of the molecule is [B]C(O)(O)C([B])([B])[C@@]([B])(N)c1ccccc1. The predicted molar refractivity (Wildman–Crippen MR) is 65.2 cm³/mol. The van der Waals surface area contributed by atoms with Crippen LogP contribution in [0.2, 0.25) is 5.21 Å². The molecule has 0 saturated carbocycles. The molecule has 0 saturated heterocycles. The molecule has 0 aliphatic heterocycles. The van der Waals surface area contributed by atoms with Crippen molar-refractivity contribution in [3.8, 4) is 0 Å². The zero-order valence-electron chi connectivity index (χ0n) is 8.67. The lowest BCUT2D eigenvalue weighted by atomic mass is 9.33. The fourth-order valence-electron chi connectivity index (χ4n) is 1.26. The Morgan fingerprint density at radius 3 is 1.75 bits per heavy atom. The summed E-state index contributed by atoms with van der Waals surface area (Å²) in [4.78, 5) is 0. The second-order valence-corrected chi connectivity index (χ2v) is 3.83. The van der Waals surface area contributed by atoms with Crippen molar-refractivity contribution in [3.05, 3.63) is 35.9 Å². The lowest BCUT2D eigenvalue weighted by Crippen LogP contribution is -2.61. The van der Waals surface area contributed by atoms with Gasteiger partial charge in [-0.1, -0.05) is 30.3 Å². The minimum Gasteiger partial charge on any atom is -0.376 e. The fourth-order valence-corrected chi connectivity index (χ4v) is 1.26. The van der Waals surface area contributed by atoms with E-state index in [1.807, 2.05) is 0 Å². The van der Waals surface area contributed by atoms with Gasteiger partial charge in [-0.3, -0.25) is 0 Å². The molecule has 4 N–H and O–H groups in total. The highest BCUT2D eigenvalue weighted by Gasteiger charge is 2.47. The maximum Gasteiger partial charge on any atom is 0.152 e. The van der Waals surface area contributed by atoms with Gasteiger partial charge in [-0.2, -0.15) is 0 Å². The summed E-state index contributed by atoms with van der Waals surface area (Å²) in [7, 11) is 21.8. The average Bonchev–Trinajstić information content (AvgIpc) is 2.17. The van der Waals surface area contributed by atoms with Gasteiger partial charge < -0.3 is 15.9 Å². The zero-order chi connectivity index (χ0) is 12.6. The molecule has 8 radical (unpaired) electrons. The third-order valence-electron chi connectivity index (χ3n) is 2.54. The molecule has 1 atom stereocenters. The first kappa shape index (κ1) is 13.4. The summed E-state index contributed by atoms with van der Waals surface area (Å²) in [5.41, 5.74) is 1.25. The highest BCUT2D eigenvalue weighted by atomic mass is 16.5. The van der Waals surface area contributed by atoms with E-state index in [0.29, 0.717) is 5.56 Å². The van der Waals surface area contributed by atoms with E-state index < -0.39 is 16.3 Å². The van der Waals surface area contributed by atoms with E-state index in [2.05, 4.69) is 0 Å². The van der Waals surface area contributed by atoms with Crippen LogP contribution in [0.5, 0.6) is 0 Å². The van der Waals surface area contributed by atoms with Crippen molar-refractivity contribution in [2.75, 3.05) is 0 Å². The van der Waals surface area contributed by atoms with Gasteiger partial charge >= 0.3 is 0 Å². The molecule has 16 heavy (non-hydrogen) atoms. The minimum atomic E-state index is -2.91. The van der Waals surface area contributed by atoms with E-state index in [4.69, 9.17) is 37.1 Å². The van der Waals surface area contributed by atoms with E-state index >= 15 is 0 Å². The van der Waals surface area contributed by atoms with Crippen LogP contribution in [-0.4, -0.2) is 47.3 Å². The van der Waals surface area contributed by atoms with Gasteiger partial charge in [0.1, 0.15) is 13.5 Å². The van der Waals surface area contributed by atoms with Gasteiger partial charge in [0.05, 0.1) is 15.7 Å². The maximum absolute atomic E-state index is 9.27. The minimum absolute atomic E-state index is 0.331. The van der Waals surface area contributed by atoms with Gasteiger partial charge in [-0.25, -0.2) is 0 Å². The Kier molecular flexibility index (Phi) is 3.34. The number of aliphatic hydroxyl groups is 2. The van der Waals surface area contributed by atoms with Crippen molar-refractivity contribution in [2.24, 2.45) is 5.73 Å². The summed E-state index contributed by atoms with van der Waals surface area (Å²) in [6, 6.07) is 8.17. The van der Waals surface area contributed by atoms with Crippen molar-refractivity contribution < 1.29 is 10.2 Å². The van der Waals surface area contributed by atoms with Crippen LogP contribution in [0.25, 0.3) is 0 Å². The summed E-state index contributed by atoms with van der Waals surface area (Å²) in [5.74, 6) is 0. The summed E-state index contributed by atoms with van der Waals surface area (Å²) < 4.78 is 0. The molecule has 0 aromatic heterocycles. The van der Waals surface area contributed by atoms with E-state index in [9.17, 15) is 10.2 Å². The van der Waals surface area contributed by atoms with Crippen LogP contribution >= 0.6 is 0 Å². The molecule has 1 aromatic rings. The Labute approximate surface area is 100 Å². The number of nitrogens with two attached hydrogens (primary N) is 1. The fraction of sp³-hybridized carbons (Fsp3) is 0.333. The quantitative estimate of drug-likeness (QED) is 0.405. The zero-order valence-corrected chi connectivity index (χ0v) is 8.67. The van der Waals surface area contributed by atoms with Gasteiger partial charge in [0.15, 0.2) is 7.85 Å². The van der Waals surface area contributed by atoms with Gasteiger partial charge in [0.2, 0.25) is 0 Å². The van der Waals surface area contributed by atoms with Crippen molar-refractivity contribution in [2.45, 2.75) is 16.3 Å². The van der Waals surface area contributed by atoms with Crippen molar-refractivity contribution >= 4 is 31.4 Å². The summed E-state index contributed by atoms with van der Waals surface area (Å²) in [6.07, 6.45) is 0. The van der Waals surface area contributed by atoms with Gasteiger partial charge in [0.25, 0.3) is 0 Å². The van der Waals surface area contributed by atoms with Gasteiger partial charge in [0, 0.05) is 0 Å². The predicted octanol–water partition coefficient (Wildman–Crippen LogP) is -1.77. The van der Waals surface area contributed by atoms with Crippen molar-refractivity contribution in [1.29, 1.82) is 0 Å². The smallest absolute Gasteiger partial charge is 0.152 e. The van der Waals surface area contributed by atoms with Gasteiger partial charge in [-0.15, -0.1) is 0 Å². The molecule has 0 fully saturated rings. The third kappa shape index (κ3) is 2.08. The molecule has 0 aliphatic carbocycles. The standard InChI is InChI=1S/C9H9B4NO2/c10-7(14,6-4-2-1-3-5-6)8(11,12)9(13,15)16/h1-5,15-16H,14H2/t7-/m0/s1. The van der Waals surface area contributed by atoms with Crippen molar-refractivity contribution in [3.63, 3.8) is 0 Å². The van der Waals surface area contributed by atoms with E-state index in [-0.39, 0.29) is 0 Å². The van der Waals surface area contributed by atoms with Crippen LogP contribution in [0.3, 0.4) is 0 Å². The molecule has 0 bridgehead atoms. The van der Waals surface area contributed by atoms with E-state index in [1.54, 1.807) is 30.3 Å². The Morgan fingerprint density at radius 1 is 0.938 bits per heavy atom. The molecule has 0 heterocycles. The molecule has 1 rings (SSSR count). The highest BCUT2D eigenvalue weighted by Crippen LogP contribution is 2.42. The molecule has 0 spiro atoms. The first-order valence-electron chi connectivity index (χ1n) is 4.55. The molecule has 0 aliphatic rings. The molecule has 74 valence electrons.